The number of rotatable bonds is 7. The highest BCUT2D eigenvalue weighted by molar-refractivity contribution is 7.14. The van der Waals surface area contributed by atoms with Gasteiger partial charge in [0.05, 0.1) is 12.5 Å². The number of hydrogen-bond donors (Lipinski definition) is 2. The lowest BCUT2D eigenvalue weighted by Gasteiger charge is -2.24. The molecule has 1 fully saturated rings. The van der Waals surface area contributed by atoms with Gasteiger partial charge in [0, 0.05) is 6.42 Å². The standard InChI is InChI=1S/C24H20N4O8S/c1-33-24(32)36-18-11-37-22(25-18)27-20(29)15(9-13-5-3-2-4-6-13)28-21(30)19(26-23(28)31)14-7-8-16-17(10-14)35-12-34-16/h2-8,10-11,15,19H,9,12H2,1H3,(H,26,31)(H,25,27,29)/t15-,19+/m0/s1. The molecule has 1 saturated heterocycles. The molecule has 0 radical (unpaired) electrons. The molecule has 1 aromatic heterocycles. The van der Waals surface area contributed by atoms with E-state index in [1.807, 2.05) is 6.07 Å². The van der Waals surface area contributed by atoms with E-state index in [2.05, 4.69) is 20.4 Å². The number of amides is 4. The van der Waals surface area contributed by atoms with Gasteiger partial charge in [-0.15, -0.1) is 11.3 Å². The van der Waals surface area contributed by atoms with Crippen LogP contribution in [0.3, 0.4) is 0 Å². The van der Waals surface area contributed by atoms with Crippen LogP contribution >= 0.6 is 11.3 Å². The lowest BCUT2D eigenvalue weighted by Crippen LogP contribution is -2.49. The van der Waals surface area contributed by atoms with Gasteiger partial charge in [0.15, 0.2) is 16.6 Å². The molecule has 3 aromatic rings. The molecule has 2 aromatic carbocycles. The maximum absolute atomic E-state index is 13.5. The van der Waals surface area contributed by atoms with Crippen LogP contribution < -0.4 is 24.8 Å². The Bertz CT molecular complexity index is 1360. The quantitative estimate of drug-likeness (QED) is 0.352. The summed E-state index contributed by atoms with van der Waals surface area (Å²) < 4.78 is 20.0. The molecule has 2 aliphatic rings. The van der Waals surface area contributed by atoms with E-state index in [1.165, 1.54) is 5.38 Å². The molecule has 13 heteroatoms. The first-order valence-corrected chi connectivity index (χ1v) is 11.9. The van der Waals surface area contributed by atoms with Crippen molar-refractivity contribution in [3.8, 4) is 17.4 Å². The molecule has 0 aliphatic carbocycles. The van der Waals surface area contributed by atoms with Crippen LogP contribution in [0, 0.1) is 0 Å². The third-order valence-corrected chi connectivity index (χ3v) is 6.39. The Labute approximate surface area is 214 Å². The highest BCUT2D eigenvalue weighted by atomic mass is 32.1. The lowest BCUT2D eigenvalue weighted by atomic mass is 10.0. The minimum Gasteiger partial charge on any atom is -0.454 e. The number of carbonyl (C=O) groups is 4. The Morgan fingerprint density at radius 2 is 1.97 bits per heavy atom. The van der Waals surface area contributed by atoms with Crippen LogP contribution in [-0.2, 0) is 20.7 Å². The second-order valence-corrected chi connectivity index (χ2v) is 8.80. The molecule has 3 heterocycles. The number of methoxy groups -OCH3 is 1. The molecular weight excluding hydrogens is 504 g/mol. The van der Waals surface area contributed by atoms with Gasteiger partial charge in [0.2, 0.25) is 18.6 Å². The van der Waals surface area contributed by atoms with E-state index in [-0.39, 0.29) is 24.2 Å². The number of aromatic nitrogens is 1. The fraction of sp³-hybridized carbons (Fsp3) is 0.208. The molecule has 0 unspecified atom stereocenters. The van der Waals surface area contributed by atoms with Crippen LogP contribution in [0.4, 0.5) is 14.7 Å². The van der Waals surface area contributed by atoms with Gasteiger partial charge in [-0.05, 0) is 23.3 Å². The number of fused-ring (bicyclic) bond motifs is 1. The van der Waals surface area contributed by atoms with Gasteiger partial charge in [-0.1, -0.05) is 36.4 Å². The Morgan fingerprint density at radius 1 is 1.19 bits per heavy atom. The third kappa shape index (κ3) is 5.02. The first-order chi connectivity index (χ1) is 17.9. The van der Waals surface area contributed by atoms with Crippen LogP contribution in [0.15, 0.2) is 53.9 Å². The molecular formula is C24H20N4O8S. The molecule has 0 spiro atoms. The number of benzene rings is 2. The lowest BCUT2D eigenvalue weighted by molar-refractivity contribution is -0.134. The SMILES string of the molecule is COC(=O)Oc1csc(NC(=O)[C@H](Cc2ccccc2)N2C(=O)N[C@H](c3ccc4c(c3)OCO4)C2=O)n1. The summed E-state index contributed by atoms with van der Waals surface area (Å²) in [6.07, 6.45) is -0.893. The van der Waals surface area contributed by atoms with E-state index in [0.29, 0.717) is 17.1 Å². The Balaban J connectivity index is 1.39. The van der Waals surface area contributed by atoms with Gasteiger partial charge < -0.3 is 29.6 Å². The van der Waals surface area contributed by atoms with Crippen molar-refractivity contribution in [1.29, 1.82) is 0 Å². The number of hydrogen-bond acceptors (Lipinski definition) is 10. The number of carbonyl (C=O) groups excluding carboxylic acids is 4. The Hall–Kier alpha value is -4.65. The van der Waals surface area contributed by atoms with E-state index in [9.17, 15) is 19.2 Å². The average Bonchev–Trinajstić information content (AvgIpc) is 3.62. The van der Waals surface area contributed by atoms with Gasteiger partial charge in [-0.25, -0.2) is 14.5 Å². The van der Waals surface area contributed by atoms with Gasteiger partial charge in [-0.2, -0.15) is 4.98 Å². The summed E-state index contributed by atoms with van der Waals surface area (Å²) in [5.41, 5.74) is 1.23. The van der Waals surface area contributed by atoms with E-state index in [4.69, 9.17) is 14.2 Å². The molecule has 2 atom stereocenters. The van der Waals surface area contributed by atoms with E-state index >= 15 is 0 Å². The van der Waals surface area contributed by atoms with Crippen molar-refractivity contribution in [2.75, 3.05) is 19.2 Å². The van der Waals surface area contributed by atoms with Crippen molar-refractivity contribution < 1.29 is 38.1 Å². The fourth-order valence-corrected chi connectivity index (χ4v) is 4.54. The smallest absolute Gasteiger partial charge is 0.454 e. The normalized spacial score (nSPS) is 16.8. The van der Waals surface area contributed by atoms with Gasteiger partial charge >= 0.3 is 12.2 Å². The van der Waals surface area contributed by atoms with Crippen LogP contribution in [0.25, 0.3) is 0 Å². The highest BCUT2D eigenvalue weighted by Crippen LogP contribution is 2.36. The molecule has 2 aliphatic heterocycles. The maximum Gasteiger partial charge on any atom is 0.514 e. The summed E-state index contributed by atoms with van der Waals surface area (Å²) in [6.45, 7) is 0.0678. The Morgan fingerprint density at radius 3 is 2.76 bits per heavy atom. The highest BCUT2D eigenvalue weighted by Gasteiger charge is 2.45. The topological polar surface area (TPSA) is 145 Å². The number of nitrogens with zero attached hydrogens (tertiary/aromatic N) is 2. The van der Waals surface area contributed by atoms with Crippen molar-refractivity contribution in [2.45, 2.75) is 18.5 Å². The zero-order valence-electron chi connectivity index (χ0n) is 19.3. The summed E-state index contributed by atoms with van der Waals surface area (Å²) in [4.78, 5) is 56.1. The van der Waals surface area contributed by atoms with Crippen LogP contribution in [-0.4, -0.2) is 53.8 Å². The molecule has 4 amide bonds. The molecule has 37 heavy (non-hydrogen) atoms. The maximum atomic E-state index is 13.5. The van der Waals surface area contributed by atoms with E-state index in [0.717, 1.165) is 28.9 Å². The van der Waals surface area contributed by atoms with Gasteiger partial charge in [0.25, 0.3) is 5.91 Å². The third-order valence-electron chi connectivity index (χ3n) is 5.65. The zero-order chi connectivity index (χ0) is 25.9. The van der Waals surface area contributed by atoms with Crippen LogP contribution in [0.2, 0.25) is 0 Å². The second kappa shape index (κ2) is 10.1. The number of anilines is 1. The largest absolute Gasteiger partial charge is 0.514 e. The summed E-state index contributed by atoms with van der Waals surface area (Å²) in [7, 11) is 1.15. The van der Waals surface area contributed by atoms with Gasteiger partial charge in [0.1, 0.15) is 12.1 Å². The first-order valence-electron chi connectivity index (χ1n) is 11.0. The second-order valence-electron chi connectivity index (χ2n) is 7.95. The molecule has 0 bridgehead atoms. The molecule has 0 saturated carbocycles. The first kappa shape index (κ1) is 24.1. The number of ether oxygens (including phenoxy) is 4. The number of imide groups is 1. The Kier molecular flexibility index (Phi) is 6.60. The van der Waals surface area contributed by atoms with Gasteiger partial charge in [-0.3, -0.25) is 9.59 Å². The average molecular weight is 525 g/mol. The van der Waals surface area contributed by atoms with Crippen molar-refractivity contribution in [2.24, 2.45) is 0 Å². The van der Waals surface area contributed by atoms with Crippen LogP contribution in [0.1, 0.15) is 17.2 Å². The van der Waals surface area contributed by atoms with Crippen molar-refractivity contribution in [3.63, 3.8) is 0 Å². The predicted octanol–water partition coefficient (Wildman–Crippen LogP) is 2.86. The van der Waals surface area contributed by atoms with Crippen molar-refractivity contribution in [1.82, 2.24) is 15.2 Å². The minimum absolute atomic E-state index is 0.0652. The predicted molar refractivity (Wildman–Crippen MR) is 128 cm³/mol. The molecule has 12 nitrogen and oxygen atoms in total. The molecule has 190 valence electrons. The number of thiazole rings is 1. The van der Waals surface area contributed by atoms with Crippen molar-refractivity contribution in [3.05, 3.63) is 65.0 Å². The van der Waals surface area contributed by atoms with Crippen molar-refractivity contribution >= 4 is 40.5 Å². The summed E-state index contributed by atoms with van der Waals surface area (Å²) in [5, 5.41) is 6.78. The molecule has 5 rings (SSSR count). The monoisotopic (exact) mass is 524 g/mol. The summed E-state index contributed by atoms with van der Waals surface area (Å²) in [5.74, 6) is -0.292. The summed E-state index contributed by atoms with van der Waals surface area (Å²) >= 11 is 1.00. The number of nitrogens with one attached hydrogen (secondary N) is 2. The zero-order valence-corrected chi connectivity index (χ0v) is 20.2. The summed E-state index contributed by atoms with van der Waals surface area (Å²) in [6, 6.07) is 11.0. The van der Waals surface area contributed by atoms with E-state index in [1.54, 1.807) is 42.5 Å². The van der Waals surface area contributed by atoms with E-state index < -0.39 is 36.1 Å². The number of urea groups is 1. The minimum atomic E-state index is -1.19. The fourth-order valence-electron chi connectivity index (χ4n) is 3.93. The molecule has 2 N–H and O–H groups in total. The van der Waals surface area contributed by atoms with Crippen LogP contribution in [0.5, 0.6) is 17.4 Å².